The first-order valence-corrected chi connectivity index (χ1v) is 7.32. The van der Waals surface area contributed by atoms with Crippen molar-refractivity contribution in [1.82, 2.24) is 5.32 Å². The second-order valence-corrected chi connectivity index (χ2v) is 5.73. The number of ether oxygens (including phenoxy) is 1. The van der Waals surface area contributed by atoms with Crippen molar-refractivity contribution in [3.05, 3.63) is 39.3 Å². The molecule has 0 unspecified atom stereocenters. The molecule has 0 bridgehead atoms. The third-order valence-electron chi connectivity index (χ3n) is 2.83. The van der Waals surface area contributed by atoms with Gasteiger partial charge < -0.3 is 10.1 Å². The molecule has 1 saturated carbocycles. The highest BCUT2D eigenvalue weighted by atomic mass is 79.9. The Morgan fingerprint density at radius 2 is 2.33 bits per heavy atom. The van der Waals surface area contributed by atoms with Crippen molar-refractivity contribution in [3.63, 3.8) is 0 Å². The lowest BCUT2D eigenvalue weighted by atomic mass is 10.2. The SMILES string of the molecule is C/C(=C/Cl)COc1ccc(Br)c(CNC2CC2)c1. The molecular weight excluding hydrogens is 314 g/mol. The molecule has 0 atom stereocenters. The molecule has 0 heterocycles. The van der Waals surface area contributed by atoms with Crippen molar-refractivity contribution < 1.29 is 4.74 Å². The normalized spacial score (nSPS) is 15.8. The van der Waals surface area contributed by atoms with Crippen LogP contribution in [0.2, 0.25) is 0 Å². The van der Waals surface area contributed by atoms with E-state index in [9.17, 15) is 0 Å². The van der Waals surface area contributed by atoms with Crippen LogP contribution in [-0.4, -0.2) is 12.6 Å². The monoisotopic (exact) mass is 329 g/mol. The molecule has 1 aromatic carbocycles. The number of hydrogen-bond donors (Lipinski definition) is 1. The van der Waals surface area contributed by atoms with E-state index in [4.69, 9.17) is 16.3 Å². The summed E-state index contributed by atoms with van der Waals surface area (Å²) in [7, 11) is 0. The number of hydrogen-bond acceptors (Lipinski definition) is 2. The Morgan fingerprint density at radius 3 is 3.00 bits per heavy atom. The Hall–Kier alpha value is -0.510. The van der Waals surface area contributed by atoms with Crippen LogP contribution in [0.4, 0.5) is 0 Å². The molecule has 0 saturated heterocycles. The molecule has 0 spiro atoms. The van der Waals surface area contributed by atoms with Crippen molar-refractivity contribution in [1.29, 1.82) is 0 Å². The van der Waals surface area contributed by atoms with Crippen molar-refractivity contribution in [2.24, 2.45) is 0 Å². The maximum Gasteiger partial charge on any atom is 0.120 e. The first-order valence-electron chi connectivity index (χ1n) is 6.09. The van der Waals surface area contributed by atoms with E-state index in [0.717, 1.165) is 22.3 Å². The standard InChI is InChI=1S/C14H17BrClNO/c1-10(7-16)9-18-13-4-5-14(15)11(6-13)8-17-12-2-3-12/h4-7,12,17H,2-3,8-9H2,1H3/b10-7-. The van der Waals surface area contributed by atoms with E-state index < -0.39 is 0 Å². The first-order chi connectivity index (χ1) is 8.69. The van der Waals surface area contributed by atoms with Crippen LogP contribution in [-0.2, 0) is 6.54 Å². The van der Waals surface area contributed by atoms with Gasteiger partial charge in [0.1, 0.15) is 12.4 Å². The third kappa shape index (κ3) is 4.30. The van der Waals surface area contributed by atoms with E-state index in [0.29, 0.717) is 12.6 Å². The third-order valence-corrected chi connectivity index (χ3v) is 3.97. The predicted octanol–water partition coefficient (Wildman–Crippen LogP) is 4.22. The second kappa shape index (κ2) is 6.60. The highest BCUT2D eigenvalue weighted by Gasteiger charge is 2.20. The Kier molecular flexibility index (Phi) is 5.10. The van der Waals surface area contributed by atoms with Gasteiger partial charge in [-0.15, -0.1) is 0 Å². The summed E-state index contributed by atoms with van der Waals surface area (Å²) in [5.74, 6) is 0.878. The molecule has 1 aliphatic carbocycles. The Morgan fingerprint density at radius 1 is 1.56 bits per heavy atom. The Bertz CT molecular complexity index is 443. The zero-order valence-corrected chi connectivity index (χ0v) is 12.7. The molecule has 1 fully saturated rings. The summed E-state index contributed by atoms with van der Waals surface area (Å²) in [6.45, 7) is 3.36. The number of rotatable bonds is 6. The summed E-state index contributed by atoms with van der Waals surface area (Å²) in [5.41, 5.74) is 3.79. The molecule has 2 rings (SSSR count). The van der Waals surface area contributed by atoms with Gasteiger partial charge in [-0.2, -0.15) is 0 Å². The van der Waals surface area contributed by atoms with Crippen LogP contribution in [0.25, 0.3) is 0 Å². The van der Waals surface area contributed by atoms with Crippen LogP contribution in [0.15, 0.2) is 33.8 Å². The molecule has 2 nitrogen and oxygen atoms in total. The first kappa shape index (κ1) is 13.9. The van der Waals surface area contributed by atoms with Crippen LogP contribution in [0.1, 0.15) is 25.3 Å². The molecule has 1 N–H and O–H groups in total. The summed E-state index contributed by atoms with van der Waals surface area (Å²) < 4.78 is 6.79. The molecule has 0 amide bonds. The van der Waals surface area contributed by atoms with Gasteiger partial charge in [0.15, 0.2) is 0 Å². The van der Waals surface area contributed by atoms with Gasteiger partial charge in [0.2, 0.25) is 0 Å². The predicted molar refractivity (Wildman–Crippen MR) is 79.1 cm³/mol. The van der Waals surface area contributed by atoms with E-state index in [-0.39, 0.29) is 0 Å². The van der Waals surface area contributed by atoms with Gasteiger partial charge in [0.25, 0.3) is 0 Å². The fraction of sp³-hybridized carbons (Fsp3) is 0.429. The van der Waals surface area contributed by atoms with Gasteiger partial charge in [-0.25, -0.2) is 0 Å². The van der Waals surface area contributed by atoms with Crippen molar-refractivity contribution in [3.8, 4) is 5.75 Å². The second-order valence-electron chi connectivity index (χ2n) is 4.65. The Labute approximate surface area is 121 Å². The molecule has 0 radical (unpaired) electrons. The van der Waals surface area contributed by atoms with Crippen molar-refractivity contribution >= 4 is 27.5 Å². The lowest BCUT2D eigenvalue weighted by Crippen LogP contribution is -2.15. The molecule has 1 aliphatic rings. The summed E-state index contributed by atoms with van der Waals surface area (Å²) in [4.78, 5) is 0. The van der Waals surface area contributed by atoms with Gasteiger partial charge in [0.05, 0.1) is 0 Å². The van der Waals surface area contributed by atoms with Crippen LogP contribution < -0.4 is 10.1 Å². The van der Waals surface area contributed by atoms with Gasteiger partial charge in [-0.05, 0) is 49.1 Å². The summed E-state index contributed by atoms with van der Waals surface area (Å²) in [5, 5.41) is 3.50. The minimum absolute atomic E-state index is 0.528. The summed E-state index contributed by atoms with van der Waals surface area (Å²) >= 11 is 9.17. The smallest absolute Gasteiger partial charge is 0.120 e. The lowest BCUT2D eigenvalue weighted by Gasteiger charge is -2.10. The fourth-order valence-corrected chi connectivity index (χ4v) is 2.00. The largest absolute Gasteiger partial charge is 0.489 e. The number of halogens is 2. The van der Waals surface area contributed by atoms with Crippen molar-refractivity contribution in [2.75, 3.05) is 6.61 Å². The highest BCUT2D eigenvalue weighted by Crippen LogP contribution is 2.25. The zero-order valence-electron chi connectivity index (χ0n) is 10.4. The summed E-state index contributed by atoms with van der Waals surface area (Å²) in [6, 6.07) is 6.77. The molecular formula is C14H17BrClNO. The Balaban J connectivity index is 1.95. The molecule has 4 heteroatoms. The van der Waals surface area contributed by atoms with Crippen LogP contribution in [0.3, 0.4) is 0 Å². The van der Waals surface area contributed by atoms with Crippen molar-refractivity contribution in [2.45, 2.75) is 32.4 Å². The van der Waals surface area contributed by atoms with Gasteiger partial charge in [0, 0.05) is 22.6 Å². The molecule has 0 aromatic heterocycles. The number of nitrogens with one attached hydrogen (secondary N) is 1. The zero-order chi connectivity index (χ0) is 13.0. The average molecular weight is 331 g/mol. The van der Waals surface area contributed by atoms with Crippen LogP contribution >= 0.6 is 27.5 Å². The van der Waals surface area contributed by atoms with Gasteiger partial charge in [-0.3, -0.25) is 0 Å². The van der Waals surface area contributed by atoms with Gasteiger partial charge >= 0.3 is 0 Å². The topological polar surface area (TPSA) is 21.3 Å². The fourth-order valence-electron chi connectivity index (χ4n) is 1.55. The molecule has 18 heavy (non-hydrogen) atoms. The molecule has 1 aromatic rings. The minimum atomic E-state index is 0.528. The van der Waals surface area contributed by atoms with E-state index >= 15 is 0 Å². The minimum Gasteiger partial charge on any atom is -0.489 e. The maximum atomic E-state index is 5.68. The number of benzene rings is 1. The van der Waals surface area contributed by atoms with Crippen LogP contribution in [0.5, 0.6) is 5.75 Å². The lowest BCUT2D eigenvalue weighted by molar-refractivity contribution is 0.352. The molecule has 98 valence electrons. The molecule has 0 aliphatic heterocycles. The quantitative estimate of drug-likeness (QED) is 0.843. The van der Waals surface area contributed by atoms with E-state index in [1.54, 1.807) is 5.54 Å². The maximum absolute atomic E-state index is 5.68. The van der Waals surface area contributed by atoms with Gasteiger partial charge in [-0.1, -0.05) is 27.5 Å². The summed E-state index contributed by atoms with van der Waals surface area (Å²) in [6.07, 6.45) is 2.60. The van der Waals surface area contributed by atoms with E-state index in [1.165, 1.54) is 18.4 Å². The van der Waals surface area contributed by atoms with E-state index in [1.807, 2.05) is 19.1 Å². The van der Waals surface area contributed by atoms with E-state index in [2.05, 4.69) is 27.3 Å². The highest BCUT2D eigenvalue weighted by molar-refractivity contribution is 9.10. The average Bonchev–Trinajstić information content (AvgIpc) is 3.19. The van der Waals surface area contributed by atoms with Crippen LogP contribution in [0, 0.1) is 0 Å².